The molecular formula is C39H36N4O8S. The minimum absolute atomic E-state index is 0.000103. The Labute approximate surface area is 300 Å². The van der Waals surface area contributed by atoms with E-state index >= 15 is 0 Å². The number of esters is 2. The van der Waals surface area contributed by atoms with E-state index in [0.29, 0.717) is 34.8 Å². The van der Waals surface area contributed by atoms with Crippen molar-refractivity contribution in [1.29, 1.82) is 0 Å². The number of sulfonamides is 1. The molecule has 2 aliphatic rings. The molecule has 4 heterocycles. The van der Waals surface area contributed by atoms with Crippen molar-refractivity contribution in [2.24, 2.45) is 4.99 Å². The van der Waals surface area contributed by atoms with Crippen molar-refractivity contribution < 1.29 is 32.2 Å². The van der Waals surface area contributed by atoms with Gasteiger partial charge in [0.2, 0.25) is 0 Å². The van der Waals surface area contributed by atoms with Gasteiger partial charge in [0.25, 0.3) is 15.6 Å². The van der Waals surface area contributed by atoms with Gasteiger partial charge in [-0.2, -0.15) is 0 Å². The fraction of sp³-hybridized carbons (Fsp3) is 0.256. The first kappa shape index (κ1) is 34.6. The molecule has 1 N–H and O–H groups in total. The van der Waals surface area contributed by atoms with Gasteiger partial charge >= 0.3 is 11.9 Å². The monoisotopic (exact) mass is 720 g/mol. The maximum absolute atomic E-state index is 14.0. The Morgan fingerprint density at radius 3 is 2.52 bits per heavy atom. The number of cyclic esters (lactones) is 1. The van der Waals surface area contributed by atoms with E-state index in [1.54, 1.807) is 61.1 Å². The molecule has 0 aliphatic carbocycles. The van der Waals surface area contributed by atoms with Gasteiger partial charge in [0.05, 0.1) is 47.4 Å². The Hall–Kier alpha value is -5.82. The smallest absolute Gasteiger partial charge is 0.328 e. The number of rotatable bonds is 9. The fourth-order valence-corrected chi connectivity index (χ4v) is 7.73. The van der Waals surface area contributed by atoms with E-state index in [-0.39, 0.29) is 47.7 Å². The SMILES string of the molecule is CC[C@@]1(OC(=O)CN=C(Cc2ccc(OC)cc2)NS(=O)(=O)c2ccc(C)cc2)CC(=O)OCc2c1cc1n(c2=O)Cc2cc3ccccc3nc2-1. The number of carbonyl (C=O) groups is 2. The fourth-order valence-electron chi connectivity index (χ4n) is 6.67. The molecule has 2 aliphatic heterocycles. The van der Waals surface area contributed by atoms with E-state index in [0.717, 1.165) is 22.0 Å². The van der Waals surface area contributed by atoms with Crippen molar-refractivity contribution in [3.8, 4) is 17.1 Å². The highest BCUT2D eigenvalue weighted by Gasteiger charge is 2.44. The lowest BCUT2D eigenvalue weighted by Crippen LogP contribution is -2.38. The second-order valence-electron chi connectivity index (χ2n) is 12.9. The van der Waals surface area contributed by atoms with Crippen molar-refractivity contribution >= 4 is 38.7 Å². The largest absolute Gasteiger partial charge is 0.497 e. The Morgan fingerprint density at radius 1 is 1.04 bits per heavy atom. The first-order valence-corrected chi connectivity index (χ1v) is 18.3. The first-order valence-electron chi connectivity index (χ1n) is 16.8. The van der Waals surface area contributed by atoms with Crippen LogP contribution in [0.15, 0.2) is 99.6 Å². The van der Waals surface area contributed by atoms with Crippen LogP contribution >= 0.6 is 0 Å². The number of aryl methyl sites for hydroxylation is 1. The van der Waals surface area contributed by atoms with Gasteiger partial charge < -0.3 is 18.8 Å². The van der Waals surface area contributed by atoms with E-state index < -0.39 is 34.1 Å². The second kappa shape index (κ2) is 13.7. The summed E-state index contributed by atoms with van der Waals surface area (Å²) >= 11 is 0. The molecule has 12 nitrogen and oxygen atoms in total. The van der Waals surface area contributed by atoms with Crippen LogP contribution in [0.1, 0.15) is 47.6 Å². The van der Waals surface area contributed by atoms with Gasteiger partial charge in [-0.05, 0) is 61.4 Å². The highest BCUT2D eigenvalue weighted by molar-refractivity contribution is 7.90. The van der Waals surface area contributed by atoms with Crippen LogP contribution in [0.5, 0.6) is 5.75 Å². The van der Waals surface area contributed by atoms with Crippen LogP contribution in [0.4, 0.5) is 0 Å². The minimum atomic E-state index is -4.06. The number of methoxy groups -OCH3 is 1. The third-order valence-electron chi connectivity index (χ3n) is 9.47. The number of hydrogen-bond acceptors (Lipinski definition) is 10. The highest BCUT2D eigenvalue weighted by atomic mass is 32.2. The molecule has 52 heavy (non-hydrogen) atoms. The van der Waals surface area contributed by atoms with Gasteiger partial charge in [0.15, 0.2) is 0 Å². The topological polar surface area (TPSA) is 155 Å². The first-order chi connectivity index (χ1) is 25.0. The Kier molecular flexibility index (Phi) is 9.13. The van der Waals surface area contributed by atoms with Gasteiger partial charge in [-0.1, -0.05) is 55.0 Å². The third-order valence-corrected chi connectivity index (χ3v) is 10.9. The summed E-state index contributed by atoms with van der Waals surface area (Å²) in [4.78, 5) is 50.0. The van der Waals surface area contributed by atoms with Crippen LogP contribution in [-0.4, -0.2) is 49.4 Å². The Morgan fingerprint density at radius 2 is 1.79 bits per heavy atom. The number of nitrogens with one attached hydrogen (secondary N) is 1. The van der Waals surface area contributed by atoms with Crippen LogP contribution < -0.4 is 15.0 Å². The second-order valence-corrected chi connectivity index (χ2v) is 14.6. The molecular weight excluding hydrogens is 685 g/mol. The summed E-state index contributed by atoms with van der Waals surface area (Å²) in [7, 11) is -2.52. The van der Waals surface area contributed by atoms with Gasteiger partial charge in [0, 0.05) is 22.9 Å². The molecule has 266 valence electrons. The maximum atomic E-state index is 14.0. The zero-order valence-corrected chi connectivity index (χ0v) is 29.7. The van der Waals surface area contributed by atoms with Crippen LogP contribution in [0.2, 0.25) is 0 Å². The Balaban J connectivity index is 1.22. The zero-order chi connectivity index (χ0) is 36.6. The van der Waals surface area contributed by atoms with Crippen LogP contribution in [0.3, 0.4) is 0 Å². The van der Waals surface area contributed by atoms with Crippen LogP contribution in [0, 0.1) is 6.92 Å². The van der Waals surface area contributed by atoms with E-state index in [2.05, 4.69) is 9.71 Å². The summed E-state index contributed by atoms with van der Waals surface area (Å²) in [6.45, 7) is 3.06. The molecule has 0 saturated carbocycles. The number of carbonyl (C=O) groups excluding carboxylic acids is 2. The highest BCUT2D eigenvalue weighted by Crippen LogP contribution is 2.41. The van der Waals surface area contributed by atoms with Crippen molar-refractivity contribution in [3.63, 3.8) is 0 Å². The summed E-state index contributed by atoms with van der Waals surface area (Å²) in [5.41, 5.74) is 3.11. The average molecular weight is 721 g/mol. The van der Waals surface area contributed by atoms with Gasteiger partial charge in [-0.15, -0.1) is 0 Å². The molecule has 1 atom stereocenters. The van der Waals surface area contributed by atoms with E-state index in [4.69, 9.17) is 19.2 Å². The number of para-hydroxylation sites is 1. The molecule has 0 radical (unpaired) electrons. The minimum Gasteiger partial charge on any atom is -0.497 e. The number of pyridine rings is 2. The summed E-state index contributed by atoms with van der Waals surface area (Å²) in [5, 5.41) is 0.947. The summed E-state index contributed by atoms with van der Waals surface area (Å²) in [6.07, 6.45) is -0.143. The number of nitrogens with zero attached hydrogens (tertiary/aromatic N) is 3. The predicted octanol–water partition coefficient (Wildman–Crippen LogP) is 4.96. The molecule has 7 rings (SSSR count). The lowest BCUT2D eigenvalue weighted by molar-refractivity contribution is -0.166. The van der Waals surface area contributed by atoms with Gasteiger partial charge in [0.1, 0.15) is 30.3 Å². The van der Waals surface area contributed by atoms with Crippen LogP contribution in [-0.2, 0) is 54.3 Å². The van der Waals surface area contributed by atoms with Crippen molar-refractivity contribution in [3.05, 3.63) is 123 Å². The standard InChI is InChI=1S/C39H36N4O8S/c1-4-39(20-35(44)50-23-30-31(39)19-33-37-27(22-43(33)38(30)46)18-26-7-5-6-8-32(26)41-37)51-36(45)21-40-34(17-25-11-13-28(49-3)14-12-25)42-52(47,48)29-15-9-24(2)10-16-29/h5-16,18-19H,4,17,20-23H2,1-3H3,(H,40,42)/t39-/m1/s1. The zero-order valence-electron chi connectivity index (χ0n) is 28.8. The van der Waals surface area contributed by atoms with E-state index in [1.165, 1.54) is 12.1 Å². The van der Waals surface area contributed by atoms with Gasteiger partial charge in [-0.25, -0.2) is 13.4 Å². The van der Waals surface area contributed by atoms with Crippen molar-refractivity contribution in [2.75, 3.05) is 13.7 Å². The van der Waals surface area contributed by atoms with Crippen molar-refractivity contribution in [2.45, 2.75) is 56.8 Å². The number of amidine groups is 1. The van der Waals surface area contributed by atoms with E-state index in [1.807, 2.05) is 37.3 Å². The lowest BCUT2D eigenvalue weighted by Gasteiger charge is -2.32. The Bertz CT molecular complexity index is 2420. The molecule has 0 bridgehead atoms. The average Bonchev–Trinajstić information content (AvgIpc) is 3.42. The molecule has 0 fully saturated rings. The maximum Gasteiger partial charge on any atom is 0.328 e. The molecule has 2 aromatic heterocycles. The molecule has 0 unspecified atom stereocenters. The summed E-state index contributed by atoms with van der Waals surface area (Å²) in [5.74, 6) is -0.834. The normalized spacial score (nSPS) is 16.7. The van der Waals surface area contributed by atoms with Crippen molar-refractivity contribution in [1.82, 2.24) is 14.3 Å². The van der Waals surface area contributed by atoms with Gasteiger partial charge in [-0.3, -0.25) is 24.1 Å². The molecule has 0 spiro atoms. The quantitative estimate of drug-likeness (QED) is 0.124. The number of aliphatic imine (C=N–C) groups is 1. The number of benzene rings is 3. The molecule has 0 amide bonds. The molecule has 0 saturated heterocycles. The van der Waals surface area contributed by atoms with Crippen LogP contribution in [0.25, 0.3) is 22.3 Å². The van der Waals surface area contributed by atoms with E-state index in [9.17, 15) is 22.8 Å². The summed E-state index contributed by atoms with van der Waals surface area (Å²) in [6, 6.07) is 24.8. The summed E-state index contributed by atoms with van der Waals surface area (Å²) < 4.78 is 47.7. The molecule has 5 aromatic rings. The number of ether oxygens (including phenoxy) is 3. The number of hydrogen-bond donors (Lipinski definition) is 1. The molecule has 3 aromatic carbocycles. The third kappa shape index (κ3) is 6.66. The lowest BCUT2D eigenvalue weighted by atomic mass is 9.85. The number of aromatic nitrogens is 2. The number of fused-ring (bicyclic) bond motifs is 5. The predicted molar refractivity (Wildman–Crippen MR) is 194 cm³/mol. The molecule has 13 heteroatoms.